The van der Waals surface area contributed by atoms with Gasteiger partial charge in [-0.3, -0.25) is 9.69 Å². The van der Waals surface area contributed by atoms with E-state index in [2.05, 4.69) is 33.5 Å². The van der Waals surface area contributed by atoms with Gasteiger partial charge in [0.25, 0.3) is 0 Å². The number of hydrogen-bond acceptors (Lipinski definition) is 4. The van der Waals surface area contributed by atoms with Crippen molar-refractivity contribution in [3.8, 4) is 0 Å². The van der Waals surface area contributed by atoms with Gasteiger partial charge in [-0.2, -0.15) is 0 Å². The maximum absolute atomic E-state index is 10.7. The zero-order valence-electron chi connectivity index (χ0n) is 11.7. The molecule has 0 radical (unpaired) electrons. The number of aliphatic carboxylic acids is 1. The van der Waals surface area contributed by atoms with Crippen LogP contribution < -0.4 is 0 Å². The third kappa shape index (κ3) is 3.53. The molecule has 0 fully saturated rings. The summed E-state index contributed by atoms with van der Waals surface area (Å²) in [5.41, 5.74) is 0. The lowest BCUT2D eigenvalue weighted by molar-refractivity contribution is -0.137. The monoisotopic (exact) mass is 266 g/mol. The molecule has 1 aliphatic heterocycles. The number of carbonyl (C=O) groups is 1. The first-order valence-electron chi connectivity index (χ1n) is 6.94. The normalized spacial score (nSPS) is 14.9. The van der Waals surface area contributed by atoms with Crippen molar-refractivity contribution in [1.82, 2.24) is 19.7 Å². The minimum Gasteiger partial charge on any atom is -0.481 e. The quantitative estimate of drug-likeness (QED) is 0.840. The summed E-state index contributed by atoms with van der Waals surface area (Å²) in [5.74, 6) is 1.28. The molecule has 0 bridgehead atoms. The molecule has 19 heavy (non-hydrogen) atoms. The van der Waals surface area contributed by atoms with Crippen molar-refractivity contribution in [2.75, 3.05) is 6.54 Å². The summed E-state index contributed by atoms with van der Waals surface area (Å²) in [4.78, 5) is 12.8. The maximum Gasteiger partial charge on any atom is 0.304 e. The Morgan fingerprint density at radius 2 is 2.21 bits per heavy atom. The van der Waals surface area contributed by atoms with Gasteiger partial charge in [0.1, 0.15) is 11.6 Å². The minimum atomic E-state index is -0.756. The van der Waals surface area contributed by atoms with Gasteiger partial charge in [-0.25, -0.2) is 0 Å². The fourth-order valence-electron chi connectivity index (χ4n) is 2.43. The van der Waals surface area contributed by atoms with E-state index >= 15 is 0 Å². The van der Waals surface area contributed by atoms with Gasteiger partial charge in [-0.1, -0.05) is 0 Å². The molecule has 1 N–H and O–H groups in total. The fraction of sp³-hybridized carbons (Fsp3) is 0.769. The largest absolute Gasteiger partial charge is 0.481 e. The van der Waals surface area contributed by atoms with Crippen LogP contribution >= 0.6 is 0 Å². The van der Waals surface area contributed by atoms with Crippen LogP contribution in [0.2, 0.25) is 0 Å². The highest BCUT2D eigenvalue weighted by molar-refractivity contribution is 5.66. The van der Waals surface area contributed by atoms with Crippen LogP contribution in [0.3, 0.4) is 0 Å². The van der Waals surface area contributed by atoms with Crippen LogP contribution in [0.15, 0.2) is 0 Å². The summed E-state index contributed by atoms with van der Waals surface area (Å²) < 4.78 is 2.19. The molecule has 0 saturated heterocycles. The molecule has 1 aromatic rings. The number of carboxylic acids is 1. The first-order chi connectivity index (χ1) is 9.08. The Morgan fingerprint density at radius 3 is 2.89 bits per heavy atom. The molecule has 0 aliphatic carbocycles. The topological polar surface area (TPSA) is 71.2 Å². The highest BCUT2D eigenvalue weighted by Gasteiger charge is 2.19. The molecule has 0 unspecified atom stereocenters. The van der Waals surface area contributed by atoms with E-state index in [0.717, 1.165) is 24.6 Å². The number of aromatic nitrogens is 3. The summed E-state index contributed by atoms with van der Waals surface area (Å²) in [7, 11) is 0. The van der Waals surface area contributed by atoms with E-state index < -0.39 is 5.97 Å². The van der Waals surface area contributed by atoms with Crippen LogP contribution in [0.25, 0.3) is 0 Å². The number of rotatable bonds is 6. The van der Waals surface area contributed by atoms with Crippen LogP contribution in [0.1, 0.15) is 44.8 Å². The third-order valence-electron chi connectivity index (χ3n) is 3.62. The Bertz CT molecular complexity index is 442. The highest BCUT2D eigenvalue weighted by atomic mass is 16.4. The lowest BCUT2D eigenvalue weighted by Gasteiger charge is -2.26. The van der Waals surface area contributed by atoms with Gasteiger partial charge in [-0.05, 0) is 26.7 Å². The van der Waals surface area contributed by atoms with Gasteiger partial charge in [0.05, 0.1) is 13.0 Å². The van der Waals surface area contributed by atoms with Crippen molar-refractivity contribution < 1.29 is 9.90 Å². The van der Waals surface area contributed by atoms with E-state index in [1.54, 1.807) is 0 Å². The fourth-order valence-corrected chi connectivity index (χ4v) is 2.43. The molecule has 1 aromatic heterocycles. The van der Waals surface area contributed by atoms with Crippen LogP contribution in [0, 0.1) is 0 Å². The van der Waals surface area contributed by atoms with E-state index in [0.29, 0.717) is 19.1 Å². The van der Waals surface area contributed by atoms with Crippen LogP contribution in [-0.4, -0.2) is 43.3 Å². The van der Waals surface area contributed by atoms with Crippen molar-refractivity contribution in [3.63, 3.8) is 0 Å². The second-order valence-electron chi connectivity index (χ2n) is 5.35. The summed E-state index contributed by atoms with van der Waals surface area (Å²) in [6.45, 7) is 6.38. The van der Waals surface area contributed by atoms with Crippen molar-refractivity contribution >= 4 is 5.97 Å². The Hall–Kier alpha value is -1.43. The average molecular weight is 266 g/mol. The zero-order valence-corrected chi connectivity index (χ0v) is 11.7. The molecule has 0 atom stereocenters. The lowest BCUT2D eigenvalue weighted by Crippen LogP contribution is -2.33. The zero-order chi connectivity index (χ0) is 13.8. The first kappa shape index (κ1) is 14.0. The summed E-state index contributed by atoms with van der Waals surface area (Å²) in [6.07, 6.45) is 3.53. The molecule has 0 amide bonds. The van der Waals surface area contributed by atoms with Gasteiger partial charge >= 0.3 is 5.97 Å². The van der Waals surface area contributed by atoms with E-state index in [-0.39, 0.29) is 6.42 Å². The van der Waals surface area contributed by atoms with E-state index in [9.17, 15) is 4.79 Å². The van der Waals surface area contributed by atoms with Crippen LogP contribution in [-0.2, 0) is 24.3 Å². The minimum absolute atomic E-state index is 0.166. The Kier molecular flexibility index (Phi) is 4.52. The first-order valence-corrected chi connectivity index (χ1v) is 6.94. The van der Waals surface area contributed by atoms with E-state index in [4.69, 9.17) is 5.11 Å². The Morgan fingerprint density at radius 1 is 1.42 bits per heavy atom. The third-order valence-corrected chi connectivity index (χ3v) is 3.62. The second-order valence-corrected chi connectivity index (χ2v) is 5.35. The van der Waals surface area contributed by atoms with Gasteiger partial charge in [0, 0.05) is 25.6 Å². The van der Waals surface area contributed by atoms with E-state index in [1.165, 1.54) is 12.8 Å². The lowest BCUT2D eigenvalue weighted by atomic mass is 10.1. The standard InChI is InChI=1S/C13H22N4O2/c1-10(2)16(8-6-13(18)19)9-12-15-14-11-5-3-4-7-17(11)12/h10H,3-9H2,1-2H3,(H,18,19). The molecular formula is C13H22N4O2. The van der Waals surface area contributed by atoms with Gasteiger partial charge in [-0.15, -0.1) is 10.2 Å². The number of fused-ring (bicyclic) bond motifs is 1. The Balaban J connectivity index is 2.04. The molecule has 0 saturated carbocycles. The smallest absolute Gasteiger partial charge is 0.304 e. The van der Waals surface area contributed by atoms with Crippen LogP contribution in [0.4, 0.5) is 0 Å². The number of hydrogen-bond donors (Lipinski definition) is 1. The number of carboxylic acid groups (broad SMARTS) is 1. The summed E-state index contributed by atoms with van der Waals surface area (Å²) in [5, 5.41) is 17.3. The SMILES string of the molecule is CC(C)N(CCC(=O)O)Cc1nnc2n1CCCC2. The van der Waals surface area contributed by atoms with Gasteiger partial charge in [0.2, 0.25) is 0 Å². The molecule has 2 heterocycles. The predicted octanol–water partition coefficient (Wildman–Crippen LogP) is 1.30. The van der Waals surface area contributed by atoms with Crippen molar-refractivity contribution in [2.45, 2.75) is 58.7 Å². The predicted molar refractivity (Wildman–Crippen MR) is 70.8 cm³/mol. The maximum atomic E-state index is 10.7. The molecule has 106 valence electrons. The average Bonchev–Trinajstić information content (AvgIpc) is 2.77. The Labute approximate surface area is 113 Å². The van der Waals surface area contributed by atoms with Gasteiger partial charge in [0.15, 0.2) is 0 Å². The molecular weight excluding hydrogens is 244 g/mol. The molecule has 6 nitrogen and oxygen atoms in total. The molecule has 6 heteroatoms. The number of aryl methyl sites for hydroxylation is 1. The highest BCUT2D eigenvalue weighted by Crippen LogP contribution is 2.16. The van der Waals surface area contributed by atoms with Crippen molar-refractivity contribution in [2.24, 2.45) is 0 Å². The summed E-state index contributed by atoms with van der Waals surface area (Å²) >= 11 is 0. The number of nitrogens with zero attached hydrogens (tertiary/aromatic N) is 4. The molecule has 2 rings (SSSR count). The van der Waals surface area contributed by atoms with Crippen molar-refractivity contribution in [3.05, 3.63) is 11.6 Å². The van der Waals surface area contributed by atoms with Crippen molar-refractivity contribution in [1.29, 1.82) is 0 Å². The van der Waals surface area contributed by atoms with E-state index in [1.807, 2.05) is 0 Å². The molecule has 0 spiro atoms. The van der Waals surface area contributed by atoms with Crippen LogP contribution in [0.5, 0.6) is 0 Å². The second kappa shape index (κ2) is 6.14. The van der Waals surface area contributed by atoms with Gasteiger partial charge < -0.3 is 9.67 Å². The summed E-state index contributed by atoms with van der Waals surface area (Å²) in [6, 6.07) is 0.302. The molecule has 0 aromatic carbocycles. The molecule has 1 aliphatic rings.